The van der Waals surface area contributed by atoms with E-state index >= 15 is 0 Å². The molecule has 2 heterocycles. The minimum atomic E-state index is -4.52. The van der Waals surface area contributed by atoms with Gasteiger partial charge in [0.25, 0.3) is 0 Å². The first-order valence-electron chi connectivity index (χ1n) is 7.15. The molecule has 1 atom stereocenters. The van der Waals surface area contributed by atoms with Gasteiger partial charge in [-0.05, 0) is 43.2 Å². The van der Waals surface area contributed by atoms with E-state index in [0.29, 0.717) is 12.8 Å². The quantitative estimate of drug-likeness (QED) is 0.820. The van der Waals surface area contributed by atoms with Crippen molar-refractivity contribution in [2.75, 3.05) is 13.2 Å². The fourth-order valence-corrected chi connectivity index (χ4v) is 2.56. The van der Waals surface area contributed by atoms with Crippen molar-refractivity contribution in [3.63, 3.8) is 0 Å². The van der Waals surface area contributed by atoms with Crippen molar-refractivity contribution in [1.29, 1.82) is 0 Å². The molecular weight excluding hydrogens is 303 g/mol. The SMILES string of the molecule is CCOC(=O)CCn1nnnc1C1(C(F)(F)F)CCCCN1. The molecule has 0 radical (unpaired) electrons. The van der Waals surface area contributed by atoms with Crippen molar-refractivity contribution in [2.45, 2.75) is 50.9 Å². The van der Waals surface area contributed by atoms with E-state index in [0.717, 1.165) is 4.68 Å². The molecule has 1 unspecified atom stereocenters. The zero-order valence-corrected chi connectivity index (χ0v) is 12.2. The number of piperidine rings is 1. The molecule has 1 aromatic rings. The summed E-state index contributed by atoms with van der Waals surface area (Å²) in [6.07, 6.45) is -3.64. The summed E-state index contributed by atoms with van der Waals surface area (Å²) in [4.78, 5) is 11.4. The number of aromatic nitrogens is 4. The van der Waals surface area contributed by atoms with Gasteiger partial charge in [0.2, 0.25) is 0 Å². The first-order chi connectivity index (χ1) is 10.4. The van der Waals surface area contributed by atoms with Gasteiger partial charge < -0.3 is 4.74 Å². The van der Waals surface area contributed by atoms with Gasteiger partial charge >= 0.3 is 12.1 Å². The molecule has 2 rings (SSSR count). The maximum absolute atomic E-state index is 13.6. The van der Waals surface area contributed by atoms with Gasteiger partial charge in [0.15, 0.2) is 11.4 Å². The van der Waals surface area contributed by atoms with Crippen LogP contribution in [0.15, 0.2) is 0 Å². The molecule has 1 aliphatic rings. The molecular formula is C12H18F3N5O2. The predicted octanol–water partition coefficient (Wildman–Crippen LogP) is 1.16. The molecule has 7 nitrogen and oxygen atoms in total. The highest BCUT2D eigenvalue weighted by atomic mass is 19.4. The van der Waals surface area contributed by atoms with Gasteiger partial charge in [-0.3, -0.25) is 10.1 Å². The number of nitrogens with one attached hydrogen (secondary N) is 1. The Morgan fingerprint density at radius 2 is 2.23 bits per heavy atom. The monoisotopic (exact) mass is 321 g/mol. The van der Waals surface area contributed by atoms with Crippen LogP contribution in [0.4, 0.5) is 13.2 Å². The number of ether oxygens (including phenoxy) is 1. The third-order valence-corrected chi connectivity index (χ3v) is 3.64. The molecule has 10 heteroatoms. The Morgan fingerprint density at radius 1 is 1.45 bits per heavy atom. The van der Waals surface area contributed by atoms with Crippen LogP contribution in [0.2, 0.25) is 0 Å². The zero-order valence-electron chi connectivity index (χ0n) is 12.2. The number of hydrogen-bond acceptors (Lipinski definition) is 6. The van der Waals surface area contributed by atoms with Crippen LogP contribution >= 0.6 is 0 Å². The molecule has 1 saturated heterocycles. The number of nitrogens with zero attached hydrogens (tertiary/aromatic N) is 4. The second kappa shape index (κ2) is 6.59. The number of carbonyl (C=O) groups is 1. The van der Waals surface area contributed by atoms with Gasteiger partial charge in [0.05, 0.1) is 19.6 Å². The number of aryl methyl sites for hydroxylation is 1. The standard InChI is InChI=1S/C12H18F3N5O2/c1-2-22-9(21)5-8-20-10(17-18-19-20)11(12(13,14)15)6-3-4-7-16-11/h16H,2-8H2,1H3. The van der Waals surface area contributed by atoms with Crippen molar-refractivity contribution in [1.82, 2.24) is 25.5 Å². The first kappa shape index (κ1) is 16.7. The van der Waals surface area contributed by atoms with Gasteiger partial charge in [-0.2, -0.15) is 13.2 Å². The molecule has 0 aliphatic carbocycles. The molecule has 1 N–H and O–H groups in total. The highest BCUT2D eigenvalue weighted by molar-refractivity contribution is 5.69. The normalized spacial score (nSPS) is 22.5. The van der Waals surface area contributed by atoms with E-state index in [1.54, 1.807) is 6.92 Å². The van der Waals surface area contributed by atoms with E-state index in [4.69, 9.17) is 4.74 Å². The van der Waals surface area contributed by atoms with Crippen molar-refractivity contribution < 1.29 is 22.7 Å². The van der Waals surface area contributed by atoms with Gasteiger partial charge in [-0.1, -0.05) is 0 Å². The maximum Gasteiger partial charge on any atom is 0.413 e. The number of rotatable bonds is 5. The van der Waals surface area contributed by atoms with Crippen LogP contribution in [0.1, 0.15) is 38.4 Å². The molecule has 1 aliphatic heterocycles. The number of tetrazole rings is 1. The summed E-state index contributed by atoms with van der Waals surface area (Å²) in [5.74, 6) is -0.800. The van der Waals surface area contributed by atoms with E-state index in [-0.39, 0.29) is 38.4 Å². The third kappa shape index (κ3) is 3.21. The average Bonchev–Trinajstić information content (AvgIpc) is 2.94. The number of alkyl halides is 3. The summed E-state index contributed by atoms with van der Waals surface area (Å²) in [5.41, 5.74) is -2.26. The number of halogens is 3. The molecule has 0 bridgehead atoms. The van der Waals surface area contributed by atoms with Crippen molar-refractivity contribution in [2.24, 2.45) is 0 Å². The second-order valence-corrected chi connectivity index (χ2v) is 5.07. The Kier molecular flexibility index (Phi) is 4.99. The lowest BCUT2D eigenvalue weighted by atomic mass is 9.87. The van der Waals surface area contributed by atoms with Gasteiger partial charge in [0.1, 0.15) is 0 Å². The van der Waals surface area contributed by atoms with E-state index in [1.165, 1.54) is 0 Å². The molecule has 124 valence electrons. The van der Waals surface area contributed by atoms with E-state index < -0.39 is 17.7 Å². The van der Waals surface area contributed by atoms with Gasteiger partial charge in [-0.25, -0.2) is 4.68 Å². The van der Waals surface area contributed by atoms with E-state index in [2.05, 4.69) is 20.8 Å². The zero-order chi connectivity index (χ0) is 16.2. The highest BCUT2D eigenvalue weighted by Gasteiger charge is 2.59. The van der Waals surface area contributed by atoms with Crippen LogP contribution in [-0.4, -0.2) is 45.5 Å². The summed E-state index contributed by atoms with van der Waals surface area (Å²) in [6, 6.07) is 0. The fourth-order valence-electron chi connectivity index (χ4n) is 2.56. The number of hydrogen-bond donors (Lipinski definition) is 1. The molecule has 1 aromatic heterocycles. The van der Waals surface area contributed by atoms with Gasteiger partial charge in [-0.15, -0.1) is 5.10 Å². The van der Waals surface area contributed by atoms with Crippen molar-refractivity contribution in [3.8, 4) is 0 Å². The minimum Gasteiger partial charge on any atom is -0.466 e. The Bertz CT molecular complexity index is 511. The van der Waals surface area contributed by atoms with Crippen molar-refractivity contribution in [3.05, 3.63) is 5.82 Å². The predicted molar refractivity (Wildman–Crippen MR) is 68.7 cm³/mol. The smallest absolute Gasteiger partial charge is 0.413 e. The third-order valence-electron chi connectivity index (χ3n) is 3.64. The van der Waals surface area contributed by atoms with Crippen LogP contribution < -0.4 is 5.32 Å². The van der Waals surface area contributed by atoms with Crippen LogP contribution in [0.25, 0.3) is 0 Å². The lowest BCUT2D eigenvalue weighted by Crippen LogP contribution is -2.57. The molecule has 0 amide bonds. The first-order valence-corrected chi connectivity index (χ1v) is 7.15. The average molecular weight is 321 g/mol. The molecule has 22 heavy (non-hydrogen) atoms. The van der Waals surface area contributed by atoms with Crippen LogP contribution in [0.3, 0.4) is 0 Å². The molecule has 0 spiro atoms. The lowest BCUT2D eigenvalue weighted by Gasteiger charge is -2.38. The molecule has 0 saturated carbocycles. The Morgan fingerprint density at radius 3 is 2.82 bits per heavy atom. The van der Waals surface area contributed by atoms with E-state index in [1.807, 2.05) is 0 Å². The maximum atomic E-state index is 13.6. The number of carbonyl (C=O) groups excluding carboxylic acids is 1. The second-order valence-electron chi connectivity index (χ2n) is 5.07. The lowest BCUT2D eigenvalue weighted by molar-refractivity contribution is -0.211. The summed E-state index contributed by atoms with van der Waals surface area (Å²) in [7, 11) is 0. The Balaban J connectivity index is 2.23. The molecule has 1 fully saturated rings. The van der Waals surface area contributed by atoms with Gasteiger partial charge in [0, 0.05) is 0 Å². The summed E-state index contributed by atoms with van der Waals surface area (Å²) in [6.45, 7) is 2.06. The topological polar surface area (TPSA) is 81.9 Å². The highest BCUT2D eigenvalue weighted by Crippen LogP contribution is 2.43. The Hall–Kier alpha value is -1.71. The molecule has 0 aromatic carbocycles. The fraction of sp³-hybridized carbons (Fsp3) is 0.833. The van der Waals surface area contributed by atoms with Crippen LogP contribution in [0, 0.1) is 0 Å². The van der Waals surface area contributed by atoms with Crippen LogP contribution in [0.5, 0.6) is 0 Å². The minimum absolute atomic E-state index is 0.0549. The summed E-state index contributed by atoms with van der Waals surface area (Å²) in [5, 5.41) is 13.0. The summed E-state index contributed by atoms with van der Waals surface area (Å²) >= 11 is 0. The van der Waals surface area contributed by atoms with Crippen molar-refractivity contribution >= 4 is 5.97 Å². The summed E-state index contributed by atoms with van der Waals surface area (Å²) < 4.78 is 46.6. The number of esters is 1. The van der Waals surface area contributed by atoms with E-state index in [9.17, 15) is 18.0 Å². The van der Waals surface area contributed by atoms with Crippen LogP contribution in [-0.2, 0) is 21.6 Å². The largest absolute Gasteiger partial charge is 0.466 e. The Labute approximate surface area is 125 Å².